The van der Waals surface area contributed by atoms with Gasteiger partial charge in [-0.2, -0.15) is 0 Å². The average molecular weight is 270 g/mol. The van der Waals surface area contributed by atoms with Crippen LogP contribution in [0.1, 0.15) is 26.5 Å². The Morgan fingerprint density at radius 3 is 2.41 bits per heavy atom. The number of rotatable bonds is 4. The summed E-state index contributed by atoms with van der Waals surface area (Å²) in [5.41, 5.74) is 1.38. The first-order valence-corrected chi connectivity index (χ1v) is 9.13. The van der Waals surface area contributed by atoms with Gasteiger partial charge in [-0.3, -0.25) is 0 Å². The Labute approximate surface area is 111 Å². The van der Waals surface area contributed by atoms with Gasteiger partial charge in [-0.15, -0.1) is 0 Å². The first kappa shape index (κ1) is 14.6. The third-order valence-corrected chi connectivity index (χ3v) is 4.54. The highest BCUT2D eigenvalue weighted by atomic mass is 35.5. The van der Waals surface area contributed by atoms with Crippen molar-refractivity contribution < 1.29 is 0 Å². The molecule has 0 N–H and O–H groups in total. The van der Waals surface area contributed by atoms with Gasteiger partial charge >= 0.3 is 0 Å². The molecular formula is C13H22ClN2Si. The Hall–Kier alpha value is -0.413. The number of hydrogen-bond donors (Lipinski definition) is 0. The molecule has 0 saturated heterocycles. The van der Waals surface area contributed by atoms with Gasteiger partial charge in [0.05, 0.1) is 0 Å². The van der Waals surface area contributed by atoms with E-state index >= 15 is 0 Å². The van der Waals surface area contributed by atoms with Crippen LogP contribution in [0.25, 0.3) is 0 Å². The van der Waals surface area contributed by atoms with Crippen molar-refractivity contribution in [3.63, 3.8) is 0 Å². The molecule has 95 valence electrons. The van der Waals surface area contributed by atoms with Crippen molar-refractivity contribution in [1.29, 1.82) is 0 Å². The highest BCUT2D eigenvalue weighted by Gasteiger charge is 2.26. The molecule has 0 aliphatic carbocycles. The SMILES string of the molecule is C[Si](C)CC(Cc1cc(Cl)ncn1)C(C)(C)C. The van der Waals surface area contributed by atoms with Crippen molar-refractivity contribution in [1.82, 2.24) is 9.97 Å². The number of halogens is 1. The Kier molecular flexibility index (Phi) is 5.14. The third-order valence-electron chi connectivity index (χ3n) is 3.03. The Bertz CT molecular complexity index is 361. The van der Waals surface area contributed by atoms with Crippen LogP contribution in [-0.2, 0) is 6.42 Å². The maximum Gasteiger partial charge on any atom is 0.132 e. The summed E-state index contributed by atoms with van der Waals surface area (Å²) in [5.74, 6) is 0.664. The Morgan fingerprint density at radius 2 is 1.94 bits per heavy atom. The van der Waals surface area contributed by atoms with Gasteiger partial charge < -0.3 is 0 Å². The molecule has 1 heterocycles. The molecule has 0 aliphatic heterocycles. The fourth-order valence-corrected chi connectivity index (χ4v) is 3.82. The van der Waals surface area contributed by atoms with Crippen molar-refractivity contribution >= 4 is 20.4 Å². The summed E-state index contributed by atoms with van der Waals surface area (Å²) >= 11 is 5.90. The standard InChI is InChI=1S/C13H22ClN2Si/c1-13(2,3)10(8-17(4)5)6-11-7-12(14)16-9-15-11/h7,9-10H,6,8H2,1-5H3. The minimum Gasteiger partial charge on any atom is -0.241 e. The molecule has 17 heavy (non-hydrogen) atoms. The van der Waals surface area contributed by atoms with Crippen LogP contribution in [-0.4, -0.2) is 18.8 Å². The molecule has 0 amide bonds. The van der Waals surface area contributed by atoms with Crippen LogP contribution in [0.4, 0.5) is 0 Å². The molecule has 0 aliphatic rings. The number of aromatic nitrogens is 2. The number of hydrogen-bond acceptors (Lipinski definition) is 2. The molecule has 1 unspecified atom stereocenters. The third kappa shape index (κ3) is 5.17. The van der Waals surface area contributed by atoms with Gasteiger partial charge in [0.2, 0.25) is 0 Å². The van der Waals surface area contributed by atoms with Crippen molar-refractivity contribution in [2.24, 2.45) is 11.3 Å². The lowest BCUT2D eigenvalue weighted by atomic mass is 9.79. The van der Waals surface area contributed by atoms with E-state index in [1.54, 1.807) is 6.33 Å². The van der Waals surface area contributed by atoms with E-state index in [1.807, 2.05) is 6.07 Å². The van der Waals surface area contributed by atoms with Crippen LogP contribution >= 0.6 is 11.6 Å². The second-order valence-corrected chi connectivity index (χ2v) is 9.22. The van der Waals surface area contributed by atoms with Crippen molar-refractivity contribution in [3.05, 3.63) is 23.2 Å². The van der Waals surface area contributed by atoms with E-state index in [-0.39, 0.29) is 8.80 Å². The molecule has 0 aromatic carbocycles. The zero-order chi connectivity index (χ0) is 13.1. The van der Waals surface area contributed by atoms with Crippen molar-refractivity contribution in [3.8, 4) is 0 Å². The van der Waals surface area contributed by atoms with Crippen molar-refractivity contribution in [2.45, 2.75) is 46.3 Å². The molecule has 1 aromatic rings. The zero-order valence-corrected chi connectivity index (χ0v) is 13.2. The second kappa shape index (κ2) is 5.96. The van der Waals surface area contributed by atoms with Crippen LogP contribution in [0, 0.1) is 11.3 Å². The summed E-state index contributed by atoms with van der Waals surface area (Å²) in [6.45, 7) is 11.7. The molecule has 2 nitrogen and oxygen atoms in total. The maximum absolute atomic E-state index is 5.90. The van der Waals surface area contributed by atoms with Crippen LogP contribution in [0.15, 0.2) is 12.4 Å². The molecule has 1 atom stereocenters. The lowest BCUT2D eigenvalue weighted by Gasteiger charge is -2.31. The highest BCUT2D eigenvalue weighted by molar-refractivity contribution is 6.55. The fourth-order valence-electron chi connectivity index (χ4n) is 1.91. The molecule has 0 fully saturated rings. The average Bonchev–Trinajstić information content (AvgIpc) is 2.14. The highest BCUT2D eigenvalue weighted by Crippen LogP contribution is 2.33. The van der Waals surface area contributed by atoms with E-state index in [0.29, 0.717) is 16.5 Å². The number of nitrogens with zero attached hydrogens (tertiary/aromatic N) is 2. The van der Waals surface area contributed by atoms with E-state index in [2.05, 4.69) is 43.8 Å². The first-order chi connectivity index (χ1) is 7.79. The molecule has 0 bridgehead atoms. The van der Waals surface area contributed by atoms with Gasteiger partial charge in [0.1, 0.15) is 11.5 Å². The maximum atomic E-state index is 5.90. The molecule has 1 radical (unpaired) electrons. The largest absolute Gasteiger partial charge is 0.241 e. The summed E-state index contributed by atoms with van der Waals surface area (Å²) in [6.07, 6.45) is 2.56. The van der Waals surface area contributed by atoms with E-state index in [1.165, 1.54) is 6.04 Å². The van der Waals surface area contributed by atoms with Gasteiger partial charge in [-0.25, -0.2) is 9.97 Å². The molecule has 1 aromatic heterocycles. The van der Waals surface area contributed by atoms with E-state index < -0.39 is 0 Å². The van der Waals surface area contributed by atoms with E-state index in [0.717, 1.165) is 12.1 Å². The monoisotopic (exact) mass is 269 g/mol. The van der Waals surface area contributed by atoms with Crippen LogP contribution in [0.5, 0.6) is 0 Å². The summed E-state index contributed by atoms with van der Waals surface area (Å²) in [7, 11) is -0.221. The minimum absolute atomic E-state index is 0.221. The van der Waals surface area contributed by atoms with Crippen LogP contribution < -0.4 is 0 Å². The van der Waals surface area contributed by atoms with Gasteiger partial charge in [-0.05, 0) is 23.8 Å². The Morgan fingerprint density at radius 1 is 1.29 bits per heavy atom. The Balaban J connectivity index is 2.79. The van der Waals surface area contributed by atoms with Gasteiger partial charge in [0.25, 0.3) is 0 Å². The molecule has 0 saturated carbocycles. The predicted octanol–water partition coefficient (Wildman–Crippen LogP) is 4.09. The summed E-state index contributed by atoms with van der Waals surface area (Å²) < 4.78 is 0. The van der Waals surface area contributed by atoms with E-state index in [4.69, 9.17) is 11.6 Å². The summed E-state index contributed by atoms with van der Waals surface area (Å²) in [4.78, 5) is 8.25. The molecule has 4 heteroatoms. The summed E-state index contributed by atoms with van der Waals surface area (Å²) in [5, 5.41) is 0.543. The molecule has 0 spiro atoms. The molecule has 1 rings (SSSR count). The minimum atomic E-state index is -0.221. The normalized spacial score (nSPS) is 14.1. The lowest BCUT2D eigenvalue weighted by Crippen LogP contribution is -2.26. The molecular weight excluding hydrogens is 248 g/mol. The van der Waals surface area contributed by atoms with Gasteiger partial charge in [-0.1, -0.05) is 51.5 Å². The first-order valence-electron chi connectivity index (χ1n) is 6.04. The van der Waals surface area contributed by atoms with Crippen LogP contribution in [0.2, 0.25) is 24.3 Å². The topological polar surface area (TPSA) is 25.8 Å². The van der Waals surface area contributed by atoms with Crippen molar-refractivity contribution in [2.75, 3.05) is 0 Å². The second-order valence-electron chi connectivity index (χ2n) is 6.01. The zero-order valence-electron chi connectivity index (χ0n) is 11.4. The van der Waals surface area contributed by atoms with E-state index in [9.17, 15) is 0 Å². The lowest BCUT2D eigenvalue weighted by molar-refractivity contribution is 0.257. The van der Waals surface area contributed by atoms with Gasteiger partial charge in [0, 0.05) is 14.5 Å². The smallest absolute Gasteiger partial charge is 0.132 e. The van der Waals surface area contributed by atoms with Gasteiger partial charge in [0.15, 0.2) is 0 Å². The quantitative estimate of drug-likeness (QED) is 0.608. The fraction of sp³-hybridized carbons (Fsp3) is 0.692. The summed E-state index contributed by atoms with van der Waals surface area (Å²) in [6, 6.07) is 3.20. The predicted molar refractivity (Wildman–Crippen MR) is 76.0 cm³/mol. The van der Waals surface area contributed by atoms with Crippen LogP contribution in [0.3, 0.4) is 0 Å².